The maximum Gasteiger partial charge on any atom is 0.191 e. The van der Waals surface area contributed by atoms with Gasteiger partial charge >= 0.3 is 0 Å². The van der Waals surface area contributed by atoms with Crippen molar-refractivity contribution >= 4 is 5.96 Å². The van der Waals surface area contributed by atoms with Gasteiger partial charge in [0.15, 0.2) is 5.96 Å². The SMILES string of the molecule is CN=C(NCCCn1cccn1)NCc1ccc(OCCOC)cc1. The molecule has 7 heteroatoms. The van der Waals surface area contributed by atoms with Crippen LogP contribution in [0.2, 0.25) is 0 Å². The fourth-order valence-electron chi connectivity index (χ4n) is 2.23. The molecule has 0 atom stereocenters. The zero-order valence-electron chi connectivity index (χ0n) is 14.9. The summed E-state index contributed by atoms with van der Waals surface area (Å²) in [5, 5.41) is 10.8. The highest BCUT2D eigenvalue weighted by Crippen LogP contribution is 2.11. The Labute approximate surface area is 149 Å². The van der Waals surface area contributed by atoms with Crippen molar-refractivity contribution in [1.82, 2.24) is 20.4 Å². The maximum absolute atomic E-state index is 5.56. The van der Waals surface area contributed by atoms with Gasteiger partial charge in [-0.1, -0.05) is 12.1 Å². The molecule has 7 nitrogen and oxygen atoms in total. The first-order valence-electron chi connectivity index (χ1n) is 8.44. The molecule has 0 aliphatic heterocycles. The van der Waals surface area contributed by atoms with Crippen LogP contribution in [0.4, 0.5) is 0 Å². The molecule has 136 valence electrons. The number of aryl methyl sites for hydroxylation is 1. The van der Waals surface area contributed by atoms with Gasteiger partial charge < -0.3 is 20.1 Å². The number of ether oxygens (including phenoxy) is 2. The molecule has 0 fully saturated rings. The average molecular weight is 345 g/mol. The molecule has 25 heavy (non-hydrogen) atoms. The molecule has 0 aliphatic rings. The Kier molecular flexibility index (Phi) is 8.34. The minimum Gasteiger partial charge on any atom is -0.491 e. The van der Waals surface area contributed by atoms with Gasteiger partial charge in [-0.3, -0.25) is 9.67 Å². The Bertz CT molecular complexity index is 611. The number of rotatable bonds is 10. The van der Waals surface area contributed by atoms with Crippen LogP contribution in [0.3, 0.4) is 0 Å². The first kappa shape index (κ1) is 18.8. The molecule has 2 N–H and O–H groups in total. The van der Waals surface area contributed by atoms with E-state index in [0.717, 1.165) is 31.2 Å². The van der Waals surface area contributed by atoms with Crippen LogP contribution in [0.1, 0.15) is 12.0 Å². The van der Waals surface area contributed by atoms with Gasteiger partial charge in [0, 0.05) is 46.2 Å². The van der Waals surface area contributed by atoms with Crippen LogP contribution in [0.15, 0.2) is 47.7 Å². The zero-order chi connectivity index (χ0) is 17.7. The van der Waals surface area contributed by atoms with Gasteiger partial charge in [-0.15, -0.1) is 0 Å². The summed E-state index contributed by atoms with van der Waals surface area (Å²) in [4.78, 5) is 4.24. The van der Waals surface area contributed by atoms with E-state index in [4.69, 9.17) is 9.47 Å². The lowest BCUT2D eigenvalue weighted by Gasteiger charge is -2.12. The third-order valence-corrected chi connectivity index (χ3v) is 3.58. The Morgan fingerprint density at radius 2 is 2.04 bits per heavy atom. The number of hydrogen-bond acceptors (Lipinski definition) is 4. The highest BCUT2D eigenvalue weighted by molar-refractivity contribution is 5.79. The molecule has 0 spiro atoms. The van der Waals surface area contributed by atoms with E-state index in [1.165, 1.54) is 5.56 Å². The van der Waals surface area contributed by atoms with Gasteiger partial charge in [-0.25, -0.2) is 0 Å². The fourth-order valence-corrected chi connectivity index (χ4v) is 2.23. The number of benzene rings is 1. The van der Waals surface area contributed by atoms with Crippen LogP contribution in [-0.4, -0.2) is 49.7 Å². The van der Waals surface area contributed by atoms with Crippen molar-refractivity contribution in [2.24, 2.45) is 4.99 Å². The van der Waals surface area contributed by atoms with Crippen molar-refractivity contribution in [1.29, 1.82) is 0 Å². The van der Waals surface area contributed by atoms with E-state index in [-0.39, 0.29) is 0 Å². The van der Waals surface area contributed by atoms with Crippen LogP contribution in [0.25, 0.3) is 0 Å². The number of nitrogens with zero attached hydrogens (tertiary/aromatic N) is 3. The number of aromatic nitrogens is 2. The standard InChI is InChI=1S/C18H27N5O2/c1-19-18(20-9-3-11-23-12-4-10-22-23)21-15-16-5-7-17(8-6-16)25-14-13-24-2/h4-8,10,12H,3,9,11,13-15H2,1-2H3,(H2,19,20,21). The van der Waals surface area contributed by atoms with Gasteiger partial charge in [0.1, 0.15) is 12.4 Å². The van der Waals surface area contributed by atoms with E-state index in [1.807, 2.05) is 41.2 Å². The topological polar surface area (TPSA) is 72.7 Å². The highest BCUT2D eigenvalue weighted by Gasteiger charge is 2.00. The molecule has 0 bridgehead atoms. The maximum atomic E-state index is 5.56. The van der Waals surface area contributed by atoms with Crippen molar-refractivity contribution in [2.45, 2.75) is 19.5 Å². The number of guanidine groups is 1. The summed E-state index contributed by atoms with van der Waals surface area (Å²) < 4.78 is 12.4. The molecule has 0 saturated heterocycles. The summed E-state index contributed by atoms with van der Waals surface area (Å²) in [7, 11) is 3.44. The smallest absolute Gasteiger partial charge is 0.191 e. The van der Waals surface area contributed by atoms with Crippen LogP contribution in [0, 0.1) is 0 Å². The summed E-state index contributed by atoms with van der Waals surface area (Å²) >= 11 is 0. The van der Waals surface area contributed by atoms with Crippen LogP contribution < -0.4 is 15.4 Å². The largest absolute Gasteiger partial charge is 0.491 e. The van der Waals surface area contributed by atoms with E-state index in [2.05, 4.69) is 20.7 Å². The molecule has 0 unspecified atom stereocenters. The molecule has 0 saturated carbocycles. The van der Waals surface area contributed by atoms with E-state index in [0.29, 0.717) is 19.8 Å². The summed E-state index contributed by atoms with van der Waals surface area (Å²) in [6.45, 7) is 3.58. The van der Waals surface area contributed by atoms with Gasteiger partial charge in [0.25, 0.3) is 0 Å². The van der Waals surface area contributed by atoms with Crippen molar-refractivity contribution in [2.75, 3.05) is 33.9 Å². The fraction of sp³-hybridized carbons (Fsp3) is 0.444. The summed E-state index contributed by atoms with van der Waals surface area (Å²) in [5.74, 6) is 1.64. The number of hydrogen-bond donors (Lipinski definition) is 2. The predicted molar refractivity (Wildman–Crippen MR) is 98.9 cm³/mol. The van der Waals surface area contributed by atoms with Gasteiger partial charge in [0.05, 0.1) is 6.61 Å². The molecule has 2 rings (SSSR count). The van der Waals surface area contributed by atoms with E-state index < -0.39 is 0 Å². The van der Waals surface area contributed by atoms with Crippen molar-refractivity contribution < 1.29 is 9.47 Å². The van der Waals surface area contributed by atoms with Gasteiger partial charge in [-0.05, 0) is 30.2 Å². The Hall–Kier alpha value is -2.54. The van der Waals surface area contributed by atoms with Gasteiger partial charge in [-0.2, -0.15) is 5.10 Å². The van der Waals surface area contributed by atoms with E-state index in [1.54, 1.807) is 20.4 Å². The van der Waals surface area contributed by atoms with Crippen molar-refractivity contribution in [3.8, 4) is 5.75 Å². The summed E-state index contributed by atoms with van der Waals surface area (Å²) in [5.41, 5.74) is 1.17. The van der Waals surface area contributed by atoms with Crippen LogP contribution in [0.5, 0.6) is 5.75 Å². The quantitative estimate of drug-likeness (QED) is 0.389. The van der Waals surface area contributed by atoms with E-state index in [9.17, 15) is 0 Å². The molecular weight excluding hydrogens is 318 g/mol. The molecule has 1 aromatic carbocycles. The van der Waals surface area contributed by atoms with E-state index >= 15 is 0 Å². The Morgan fingerprint density at radius 3 is 2.72 bits per heavy atom. The molecular formula is C18H27N5O2. The number of nitrogens with one attached hydrogen (secondary N) is 2. The second-order valence-electron chi connectivity index (χ2n) is 5.46. The summed E-state index contributed by atoms with van der Waals surface area (Å²) in [6.07, 6.45) is 4.74. The predicted octanol–water partition coefficient (Wildman–Crippen LogP) is 1.66. The third kappa shape index (κ3) is 7.26. The molecule has 0 amide bonds. The number of aliphatic imine (C=N–C) groups is 1. The molecule has 1 heterocycles. The van der Waals surface area contributed by atoms with Crippen LogP contribution in [-0.2, 0) is 17.8 Å². The van der Waals surface area contributed by atoms with Gasteiger partial charge in [0.2, 0.25) is 0 Å². The molecule has 0 radical (unpaired) electrons. The Balaban J connectivity index is 1.65. The lowest BCUT2D eigenvalue weighted by atomic mass is 10.2. The minimum absolute atomic E-state index is 0.559. The monoisotopic (exact) mass is 345 g/mol. The van der Waals surface area contributed by atoms with Crippen molar-refractivity contribution in [3.63, 3.8) is 0 Å². The molecule has 1 aromatic heterocycles. The lowest BCUT2D eigenvalue weighted by molar-refractivity contribution is 0.146. The first-order valence-corrected chi connectivity index (χ1v) is 8.44. The zero-order valence-corrected chi connectivity index (χ0v) is 14.9. The average Bonchev–Trinajstić information content (AvgIpc) is 3.16. The van der Waals surface area contributed by atoms with Crippen molar-refractivity contribution in [3.05, 3.63) is 48.3 Å². The first-order chi connectivity index (χ1) is 12.3. The highest BCUT2D eigenvalue weighted by atomic mass is 16.5. The normalized spacial score (nSPS) is 11.4. The second kappa shape index (κ2) is 11.1. The summed E-state index contributed by atoms with van der Waals surface area (Å²) in [6, 6.07) is 9.95. The molecule has 2 aromatic rings. The Morgan fingerprint density at radius 1 is 1.20 bits per heavy atom. The number of methoxy groups -OCH3 is 1. The minimum atomic E-state index is 0.559. The molecule has 0 aliphatic carbocycles. The lowest BCUT2D eigenvalue weighted by Crippen LogP contribution is -2.37. The van der Waals surface area contributed by atoms with Crippen LogP contribution >= 0.6 is 0 Å². The second-order valence-corrected chi connectivity index (χ2v) is 5.46. The third-order valence-electron chi connectivity index (χ3n) is 3.58.